The molecule has 0 aromatic carbocycles. The summed E-state index contributed by atoms with van der Waals surface area (Å²) < 4.78 is 0. The Morgan fingerprint density at radius 1 is 1.62 bits per heavy atom. The van der Waals surface area contributed by atoms with Crippen molar-refractivity contribution in [2.75, 3.05) is 11.9 Å². The number of hydrogen-bond acceptors (Lipinski definition) is 4. The molecule has 0 fully saturated rings. The highest BCUT2D eigenvalue weighted by Gasteiger charge is 1.99. The largest absolute Gasteiger partial charge is 0.393 e. The molecule has 1 heterocycles. The zero-order chi connectivity index (χ0) is 9.52. The van der Waals surface area contributed by atoms with Crippen LogP contribution in [0.25, 0.3) is 0 Å². The standard InChI is InChI=1S/C9H15N3O/c1-2-8(13)5-7-10-9-4-3-6-11-12-9/h3-4,6,8,13H,2,5,7H2,1H3,(H,10,12). The summed E-state index contributed by atoms with van der Waals surface area (Å²) in [6, 6.07) is 3.68. The molecule has 0 aliphatic rings. The van der Waals surface area contributed by atoms with Crippen molar-refractivity contribution in [2.45, 2.75) is 25.9 Å². The molecule has 4 nitrogen and oxygen atoms in total. The number of nitrogens with one attached hydrogen (secondary N) is 1. The van der Waals surface area contributed by atoms with E-state index in [0.717, 1.165) is 25.2 Å². The number of anilines is 1. The lowest BCUT2D eigenvalue weighted by atomic mass is 10.2. The molecule has 4 heteroatoms. The first-order valence-corrected chi connectivity index (χ1v) is 4.52. The fraction of sp³-hybridized carbons (Fsp3) is 0.556. The average molecular weight is 181 g/mol. The minimum absolute atomic E-state index is 0.218. The third-order valence-corrected chi connectivity index (χ3v) is 1.83. The van der Waals surface area contributed by atoms with Gasteiger partial charge in [0.2, 0.25) is 0 Å². The fourth-order valence-corrected chi connectivity index (χ4v) is 0.967. The highest BCUT2D eigenvalue weighted by molar-refractivity contribution is 5.30. The van der Waals surface area contributed by atoms with Gasteiger partial charge in [-0.2, -0.15) is 5.10 Å². The van der Waals surface area contributed by atoms with Crippen molar-refractivity contribution in [3.8, 4) is 0 Å². The van der Waals surface area contributed by atoms with E-state index < -0.39 is 0 Å². The summed E-state index contributed by atoms with van der Waals surface area (Å²) in [4.78, 5) is 0. The Labute approximate surface area is 78.0 Å². The van der Waals surface area contributed by atoms with E-state index in [1.54, 1.807) is 6.20 Å². The van der Waals surface area contributed by atoms with Crippen molar-refractivity contribution in [1.29, 1.82) is 0 Å². The van der Waals surface area contributed by atoms with Crippen LogP contribution >= 0.6 is 0 Å². The molecule has 0 amide bonds. The maximum Gasteiger partial charge on any atom is 0.148 e. The van der Waals surface area contributed by atoms with E-state index >= 15 is 0 Å². The summed E-state index contributed by atoms with van der Waals surface area (Å²) in [5, 5.41) is 19.9. The monoisotopic (exact) mass is 181 g/mol. The third-order valence-electron chi connectivity index (χ3n) is 1.83. The molecule has 1 atom stereocenters. The van der Waals surface area contributed by atoms with Crippen molar-refractivity contribution in [3.05, 3.63) is 18.3 Å². The fourth-order valence-electron chi connectivity index (χ4n) is 0.967. The van der Waals surface area contributed by atoms with Crippen molar-refractivity contribution < 1.29 is 5.11 Å². The first-order chi connectivity index (χ1) is 6.33. The summed E-state index contributed by atoms with van der Waals surface area (Å²) in [5.74, 6) is 0.755. The highest BCUT2D eigenvalue weighted by Crippen LogP contribution is 2.00. The molecule has 0 saturated carbocycles. The predicted molar refractivity (Wildman–Crippen MR) is 51.4 cm³/mol. The first kappa shape index (κ1) is 9.92. The molecule has 0 bridgehead atoms. The van der Waals surface area contributed by atoms with Crippen LogP contribution in [0.4, 0.5) is 5.82 Å². The van der Waals surface area contributed by atoms with Crippen molar-refractivity contribution in [2.24, 2.45) is 0 Å². The SMILES string of the molecule is CCC(O)CCNc1cccnn1. The minimum atomic E-state index is -0.218. The van der Waals surface area contributed by atoms with E-state index in [-0.39, 0.29) is 6.10 Å². The lowest BCUT2D eigenvalue weighted by Crippen LogP contribution is -2.12. The van der Waals surface area contributed by atoms with Crippen LogP contribution in [0.3, 0.4) is 0 Å². The van der Waals surface area contributed by atoms with Gasteiger partial charge in [0.15, 0.2) is 0 Å². The Kier molecular flexibility index (Phi) is 4.18. The summed E-state index contributed by atoms with van der Waals surface area (Å²) in [7, 11) is 0. The number of nitrogens with zero attached hydrogens (tertiary/aromatic N) is 2. The molecule has 2 N–H and O–H groups in total. The molecule has 72 valence electrons. The van der Waals surface area contributed by atoms with Crippen LogP contribution in [0.2, 0.25) is 0 Å². The third kappa shape index (κ3) is 3.85. The number of aliphatic hydroxyl groups excluding tert-OH is 1. The maximum atomic E-state index is 9.26. The molecular weight excluding hydrogens is 166 g/mol. The van der Waals surface area contributed by atoms with Gasteiger partial charge >= 0.3 is 0 Å². The summed E-state index contributed by atoms with van der Waals surface area (Å²) in [5.41, 5.74) is 0. The van der Waals surface area contributed by atoms with E-state index in [0.29, 0.717) is 0 Å². The lowest BCUT2D eigenvalue weighted by molar-refractivity contribution is 0.164. The normalized spacial score (nSPS) is 12.5. The van der Waals surface area contributed by atoms with E-state index in [4.69, 9.17) is 0 Å². The van der Waals surface area contributed by atoms with Gasteiger partial charge in [-0.25, -0.2) is 0 Å². The second kappa shape index (κ2) is 5.48. The Hall–Kier alpha value is -1.16. The summed E-state index contributed by atoms with van der Waals surface area (Å²) >= 11 is 0. The maximum absolute atomic E-state index is 9.26. The first-order valence-electron chi connectivity index (χ1n) is 4.52. The Balaban J connectivity index is 2.20. The van der Waals surface area contributed by atoms with Crippen LogP contribution in [0, 0.1) is 0 Å². The predicted octanol–water partition coefficient (Wildman–Crippen LogP) is 1.05. The molecule has 1 rings (SSSR count). The zero-order valence-electron chi connectivity index (χ0n) is 7.77. The van der Waals surface area contributed by atoms with Gasteiger partial charge in [-0.15, -0.1) is 5.10 Å². The van der Waals surface area contributed by atoms with Crippen LogP contribution < -0.4 is 5.32 Å². The number of hydrogen-bond donors (Lipinski definition) is 2. The van der Waals surface area contributed by atoms with E-state index in [1.807, 2.05) is 19.1 Å². The second-order valence-electron chi connectivity index (χ2n) is 2.89. The summed E-state index contributed by atoms with van der Waals surface area (Å²) in [6.07, 6.45) is 2.95. The van der Waals surface area contributed by atoms with E-state index in [2.05, 4.69) is 15.5 Å². The smallest absolute Gasteiger partial charge is 0.148 e. The molecule has 0 radical (unpaired) electrons. The second-order valence-corrected chi connectivity index (χ2v) is 2.89. The van der Waals surface area contributed by atoms with Gasteiger partial charge in [0.25, 0.3) is 0 Å². The molecule has 0 aliphatic carbocycles. The summed E-state index contributed by atoms with van der Waals surface area (Å²) in [6.45, 7) is 2.70. The lowest BCUT2D eigenvalue weighted by Gasteiger charge is -2.08. The molecule has 0 spiro atoms. The minimum Gasteiger partial charge on any atom is -0.393 e. The van der Waals surface area contributed by atoms with E-state index in [9.17, 15) is 5.11 Å². The quantitative estimate of drug-likeness (QED) is 0.712. The van der Waals surface area contributed by atoms with E-state index in [1.165, 1.54) is 0 Å². The molecule has 1 aromatic heterocycles. The van der Waals surface area contributed by atoms with Crippen LogP contribution in [0.1, 0.15) is 19.8 Å². The van der Waals surface area contributed by atoms with Gasteiger partial charge < -0.3 is 10.4 Å². The molecule has 0 saturated heterocycles. The molecule has 1 aromatic rings. The average Bonchev–Trinajstić information content (AvgIpc) is 2.19. The van der Waals surface area contributed by atoms with Crippen LogP contribution in [0.15, 0.2) is 18.3 Å². The molecule has 0 aliphatic heterocycles. The van der Waals surface area contributed by atoms with Gasteiger partial charge in [0.05, 0.1) is 6.10 Å². The number of aliphatic hydroxyl groups is 1. The Morgan fingerprint density at radius 3 is 3.08 bits per heavy atom. The van der Waals surface area contributed by atoms with Gasteiger partial charge in [-0.3, -0.25) is 0 Å². The van der Waals surface area contributed by atoms with Crippen LogP contribution in [-0.4, -0.2) is 28.0 Å². The molecule has 13 heavy (non-hydrogen) atoms. The highest BCUT2D eigenvalue weighted by atomic mass is 16.3. The van der Waals surface area contributed by atoms with Crippen LogP contribution in [0.5, 0.6) is 0 Å². The van der Waals surface area contributed by atoms with Crippen molar-refractivity contribution >= 4 is 5.82 Å². The van der Waals surface area contributed by atoms with Crippen molar-refractivity contribution in [3.63, 3.8) is 0 Å². The number of aromatic nitrogens is 2. The Morgan fingerprint density at radius 2 is 2.46 bits per heavy atom. The topological polar surface area (TPSA) is 58.0 Å². The van der Waals surface area contributed by atoms with Crippen molar-refractivity contribution in [1.82, 2.24) is 10.2 Å². The number of rotatable bonds is 5. The van der Waals surface area contributed by atoms with Gasteiger partial charge in [-0.05, 0) is 25.0 Å². The molecular formula is C9H15N3O. The van der Waals surface area contributed by atoms with Crippen LogP contribution in [-0.2, 0) is 0 Å². The van der Waals surface area contributed by atoms with Gasteiger partial charge in [0, 0.05) is 12.7 Å². The van der Waals surface area contributed by atoms with Gasteiger partial charge in [0.1, 0.15) is 5.82 Å². The zero-order valence-corrected chi connectivity index (χ0v) is 7.77. The molecule has 1 unspecified atom stereocenters. The Bertz CT molecular complexity index is 228. The van der Waals surface area contributed by atoms with Gasteiger partial charge in [-0.1, -0.05) is 6.92 Å².